The van der Waals surface area contributed by atoms with E-state index in [9.17, 15) is 0 Å². The fourth-order valence-electron chi connectivity index (χ4n) is 2.98. The highest BCUT2D eigenvalue weighted by atomic mass is 16.5. The molecule has 3 rings (SSSR count). The number of hydrogen-bond acceptors (Lipinski definition) is 1. The maximum Gasteiger partial charge on any atom is 0.123 e. The number of ether oxygens (including phenoxy) is 1. The number of benzene rings is 1. The molecule has 2 atom stereocenters. The Kier molecular flexibility index (Phi) is 1.64. The van der Waals surface area contributed by atoms with Crippen molar-refractivity contribution in [1.29, 1.82) is 0 Å². The minimum atomic E-state index is 0.122. The number of para-hydroxylation sites is 1. The topological polar surface area (TPSA) is 9.23 Å². The second-order valence-electron chi connectivity index (χ2n) is 4.88. The van der Waals surface area contributed by atoms with Gasteiger partial charge in [0.15, 0.2) is 0 Å². The van der Waals surface area contributed by atoms with Crippen LogP contribution in [0.2, 0.25) is 0 Å². The van der Waals surface area contributed by atoms with Crippen molar-refractivity contribution < 1.29 is 4.74 Å². The average Bonchev–Trinajstić information content (AvgIpc) is 2.17. The van der Waals surface area contributed by atoms with Crippen molar-refractivity contribution in [2.45, 2.75) is 44.1 Å². The first-order valence-electron chi connectivity index (χ1n) is 5.55. The van der Waals surface area contributed by atoms with Crippen molar-refractivity contribution in [3.05, 3.63) is 29.8 Å². The van der Waals surface area contributed by atoms with E-state index in [-0.39, 0.29) is 5.60 Å². The third-order valence-corrected chi connectivity index (χ3v) is 3.65. The van der Waals surface area contributed by atoms with Gasteiger partial charge in [0, 0.05) is 0 Å². The third-order valence-electron chi connectivity index (χ3n) is 3.65. The van der Waals surface area contributed by atoms with Gasteiger partial charge in [-0.25, -0.2) is 0 Å². The van der Waals surface area contributed by atoms with Crippen molar-refractivity contribution >= 4 is 0 Å². The zero-order valence-corrected chi connectivity index (χ0v) is 8.62. The lowest BCUT2D eigenvalue weighted by atomic mass is 9.74. The maximum atomic E-state index is 6.09. The fraction of sp³-hybridized carbons (Fsp3) is 0.538. The van der Waals surface area contributed by atoms with Crippen LogP contribution < -0.4 is 4.74 Å². The first kappa shape index (κ1) is 8.34. The molecule has 0 saturated heterocycles. The molecule has 2 aliphatic rings. The van der Waals surface area contributed by atoms with E-state index in [0.29, 0.717) is 0 Å². The molecule has 74 valence electrons. The standard InChI is InChI=1S/C13H16O/c1-13-8-4-5-10(9-13)11-6-2-3-7-12(11)14-13/h2-3,6-7,10H,4-5,8-9H2,1H3/t10-,13+/m1/s1. The van der Waals surface area contributed by atoms with Gasteiger partial charge >= 0.3 is 0 Å². The van der Waals surface area contributed by atoms with E-state index in [1.807, 2.05) is 0 Å². The largest absolute Gasteiger partial charge is 0.487 e. The molecule has 2 bridgehead atoms. The first-order valence-corrected chi connectivity index (χ1v) is 5.55. The van der Waals surface area contributed by atoms with Crippen LogP contribution in [0.1, 0.15) is 44.1 Å². The van der Waals surface area contributed by atoms with E-state index in [1.165, 1.54) is 31.2 Å². The molecule has 1 aromatic rings. The van der Waals surface area contributed by atoms with Crippen LogP contribution >= 0.6 is 0 Å². The molecular weight excluding hydrogens is 172 g/mol. The predicted octanol–water partition coefficient (Wildman–Crippen LogP) is 3.50. The lowest BCUT2D eigenvalue weighted by molar-refractivity contribution is 0.0212. The van der Waals surface area contributed by atoms with Gasteiger partial charge in [-0.05, 0) is 50.2 Å². The van der Waals surface area contributed by atoms with Crippen LogP contribution in [0.15, 0.2) is 24.3 Å². The van der Waals surface area contributed by atoms with Crippen molar-refractivity contribution in [2.24, 2.45) is 0 Å². The number of hydrogen-bond donors (Lipinski definition) is 0. The molecule has 0 radical (unpaired) electrons. The Bertz CT molecular complexity index is 358. The summed E-state index contributed by atoms with van der Waals surface area (Å²) in [7, 11) is 0. The summed E-state index contributed by atoms with van der Waals surface area (Å²) in [6.07, 6.45) is 5.09. The van der Waals surface area contributed by atoms with Crippen molar-refractivity contribution in [1.82, 2.24) is 0 Å². The van der Waals surface area contributed by atoms with Gasteiger partial charge in [0.25, 0.3) is 0 Å². The smallest absolute Gasteiger partial charge is 0.123 e. The molecule has 0 unspecified atom stereocenters. The van der Waals surface area contributed by atoms with Gasteiger partial charge in [-0.1, -0.05) is 18.2 Å². The molecular formula is C13H16O. The van der Waals surface area contributed by atoms with Crippen LogP contribution in [0.4, 0.5) is 0 Å². The molecule has 1 heterocycles. The van der Waals surface area contributed by atoms with Gasteiger partial charge in [-0.3, -0.25) is 0 Å². The van der Waals surface area contributed by atoms with Gasteiger partial charge in [0.2, 0.25) is 0 Å². The molecule has 1 heteroatoms. The highest BCUT2D eigenvalue weighted by molar-refractivity contribution is 5.39. The normalized spacial score (nSPS) is 34.5. The van der Waals surface area contributed by atoms with E-state index in [1.54, 1.807) is 0 Å². The Morgan fingerprint density at radius 1 is 1.36 bits per heavy atom. The summed E-state index contributed by atoms with van der Waals surface area (Å²) >= 11 is 0. The molecule has 1 aromatic carbocycles. The van der Waals surface area contributed by atoms with Crippen LogP contribution in [0.25, 0.3) is 0 Å². The summed E-state index contributed by atoms with van der Waals surface area (Å²) < 4.78 is 6.09. The third kappa shape index (κ3) is 1.15. The zero-order valence-electron chi connectivity index (χ0n) is 8.62. The minimum absolute atomic E-state index is 0.122. The summed E-state index contributed by atoms with van der Waals surface area (Å²) in [6.45, 7) is 2.26. The molecule has 0 spiro atoms. The van der Waals surface area contributed by atoms with Gasteiger partial charge in [0.05, 0.1) is 0 Å². The molecule has 1 nitrogen and oxygen atoms in total. The monoisotopic (exact) mass is 188 g/mol. The van der Waals surface area contributed by atoms with Crippen LogP contribution in [0.5, 0.6) is 5.75 Å². The molecule has 14 heavy (non-hydrogen) atoms. The molecule has 0 aromatic heterocycles. The quantitative estimate of drug-likeness (QED) is 0.605. The predicted molar refractivity (Wildman–Crippen MR) is 56.7 cm³/mol. The Hall–Kier alpha value is -0.980. The maximum absolute atomic E-state index is 6.09. The van der Waals surface area contributed by atoms with Gasteiger partial charge < -0.3 is 4.74 Å². The number of rotatable bonds is 0. The van der Waals surface area contributed by atoms with Crippen molar-refractivity contribution in [3.8, 4) is 5.75 Å². The van der Waals surface area contributed by atoms with Crippen LogP contribution in [0, 0.1) is 0 Å². The van der Waals surface area contributed by atoms with E-state index >= 15 is 0 Å². The molecule has 1 aliphatic carbocycles. The Morgan fingerprint density at radius 2 is 2.21 bits per heavy atom. The molecule has 1 fully saturated rings. The van der Waals surface area contributed by atoms with Crippen LogP contribution in [-0.4, -0.2) is 5.60 Å². The van der Waals surface area contributed by atoms with Crippen molar-refractivity contribution in [2.75, 3.05) is 0 Å². The summed E-state index contributed by atoms with van der Waals surface area (Å²) in [5.41, 5.74) is 1.56. The van der Waals surface area contributed by atoms with Crippen LogP contribution in [0.3, 0.4) is 0 Å². The van der Waals surface area contributed by atoms with E-state index in [2.05, 4.69) is 31.2 Å². The van der Waals surface area contributed by atoms with E-state index in [0.717, 1.165) is 11.7 Å². The average molecular weight is 188 g/mol. The van der Waals surface area contributed by atoms with Gasteiger partial charge in [0.1, 0.15) is 11.4 Å². The van der Waals surface area contributed by atoms with Crippen LogP contribution in [-0.2, 0) is 0 Å². The first-order chi connectivity index (χ1) is 6.77. The Labute approximate surface area is 85.1 Å². The second-order valence-corrected chi connectivity index (χ2v) is 4.88. The Morgan fingerprint density at radius 3 is 3.14 bits per heavy atom. The van der Waals surface area contributed by atoms with Gasteiger partial charge in [-0.15, -0.1) is 0 Å². The fourth-order valence-corrected chi connectivity index (χ4v) is 2.98. The molecule has 0 N–H and O–H groups in total. The number of fused-ring (bicyclic) bond motifs is 4. The molecule has 0 amide bonds. The summed E-state index contributed by atoms with van der Waals surface area (Å²) in [5, 5.41) is 0. The van der Waals surface area contributed by atoms with Gasteiger partial charge in [-0.2, -0.15) is 0 Å². The SMILES string of the molecule is C[C@]12CCC[C@H](C1)c1ccccc1O2. The summed E-state index contributed by atoms with van der Waals surface area (Å²) in [4.78, 5) is 0. The van der Waals surface area contributed by atoms with Crippen molar-refractivity contribution in [3.63, 3.8) is 0 Å². The van der Waals surface area contributed by atoms with E-state index < -0.39 is 0 Å². The highest BCUT2D eigenvalue weighted by Crippen LogP contribution is 2.48. The van der Waals surface area contributed by atoms with E-state index in [4.69, 9.17) is 4.74 Å². The Balaban J connectivity index is 2.08. The molecule has 1 aliphatic heterocycles. The zero-order chi connectivity index (χ0) is 9.60. The second kappa shape index (κ2) is 2.75. The highest BCUT2D eigenvalue weighted by Gasteiger charge is 2.39. The lowest BCUT2D eigenvalue weighted by Crippen LogP contribution is -2.40. The summed E-state index contributed by atoms with van der Waals surface area (Å²) in [6, 6.07) is 8.54. The minimum Gasteiger partial charge on any atom is -0.487 e. The summed E-state index contributed by atoms with van der Waals surface area (Å²) in [5.74, 6) is 1.88. The lowest BCUT2D eigenvalue weighted by Gasteiger charge is -2.44. The molecule has 1 saturated carbocycles.